The molecule has 0 radical (unpaired) electrons. The van der Waals surface area contributed by atoms with Gasteiger partial charge in [0.05, 0.1) is 0 Å². The standard InChI is InChI=1S/C12H22ClN3O2S/c1-4-7-16-9-12(15-11(16)3)19(17,18)14-8-10(2)5-6-13/h9-10,14H,4-8H2,1-3H3. The third-order valence-electron chi connectivity index (χ3n) is 2.92. The Morgan fingerprint density at radius 2 is 2.21 bits per heavy atom. The lowest BCUT2D eigenvalue weighted by molar-refractivity contribution is 0.528. The summed E-state index contributed by atoms with van der Waals surface area (Å²) in [5.41, 5.74) is 0. The number of aryl methyl sites for hydroxylation is 2. The third kappa shape index (κ3) is 4.78. The van der Waals surface area contributed by atoms with E-state index in [1.165, 1.54) is 0 Å². The lowest BCUT2D eigenvalue weighted by atomic mass is 10.1. The van der Waals surface area contributed by atoms with E-state index in [-0.39, 0.29) is 10.9 Å². The average molecular weight is 308 g/mol. The molecule has 0 aliphatic heterocycles. The van der Waals surface area contributed by atoms with Crippen LogP contribution in [0.3, 0.4) is 0 Å². The summed E-state index contributed by atoms with van der Waals surface area (Å²) in [6.07, 6.45) is 3.32. The molecule has 1 atom stereocenters. The van der Waals surface area contributed by atoms with Crippen LogP contribution >= 0.6 is 11.6 Å². The normalized spacial score (nSPS) is 13.7. The average Bonchev–Trinajstić information content (AvgIpc) is 2.71. The quantitative estimate of drug-likeness (QED) is 0.748. The highest BCUT2D eigenvalue weighted by atomic mass is 35.5. The maximum atomic E-state index is 12.1. The third-order valence-corrected chi connectivity index (χ3v) is 4.43. The van der Waals surface area contributed by atoms with Crippen LogP contribution < -0.4 is 4.72 Å². The molecule has 0 spiro atoms. The zero-order valence-electron chi connectivity index (χ0n) is 11.7. The van der Waals surface area contributed by atoms with Gasteiger partial charge in [0.15, 0.2) is 5.03 Å². The van der Waals surface area contributed by atoms with Gasteiger partial charge in [0.1, 0.15) is 5.82 Å². The highest BCUT2D eigenvalue weighted by molar-refractivity contribution is 7.89. The fourth-order valence-corrected chi connectivity index (χ4v) is 3.23. The molecule has 110 valence electrons. The molecule has 1 aromatic rings. The number of sulfonamides is 1. The van der Waals surface area contributed by atoms with Crippen LogP contribution in [0.4, 0.5) is 0 Å². The van der Waals surface area contributed by atoms with Crippen LogP contribution in [0.5, 0.6) is 0 Å². The van der Waals surface area contributed by atoms with Crippen LogP contribution in [0, 0.1) is 12.8 Å². The van der Waals surface area contributed by atoms with Crippen molar-refractivity contribution in [2.75, 3.05) is 12.4 Å². The molecule has 0 aliphatic rings. The first-order chi connectivity index (χ1) is 8.90. The predicted molar refractivity (Wildman–Crippen MR) is 76.9 cm³/mol. The Hall–Kier alpha value is -0.590. The fraction of sp³-hybridized carbons (Fsp3) is 0.750. The summed E-state index contributed by atoms with van der Waals surface area (Å²) in [5, 5.41) is 0.0940. The number of alkyl halides is 1. The number of imidazole rings is 1. The minimum atomic E-state index is -3.52. The van der Waals surface area contributed by atoms with E-state index >= 15 is 0 Å². The lowest BCUT2D eigenvalue weighted by Crippen LogP contribution is -2.28. The maximum Gasteiger partial charge on any atom is 0.259 e. The highest BCUT2D eigenvalue weighted by Crippen LogP contribution is 2.11. The van der Waals surface area contributed by atoms with E-state index in [4.69, 9.17) is 11.6 Å². The number of rotatable bonds is 8. The van der Waals surface area contributed by atoms with Gasteiger partial charge in [-0.25, -0.2) is 18.1 Å². The lowest BCUT2D eigenvalue weighted by Gasteiger charge is -2.10. The first kappa shape index (κ1) is 16.5. The minimum absolute atomic E-state index is 0.0940. The summed E-state index contributed by atoms with van der Waals surface area (Å²) in [4.78, 5) is 4.11. The maximum absolute atomic E-state index is 12.1. The second-order valence-corrected chi connectivity index (χ2v) is 6.85. The molecule has 0 aliphatic carbocycles. The van der Waals surface area contributed by atoms with Crippen LogP contribution in [-0.2, 0) is 16.6 Å². The summed E-state index contributed by atoms with van der Waals surface area (Å²) >= 11 is 5.63. The second-order valence-electron chi connectivity index (χ2n) is 4.75. The van der Waals surface area contributed by atoms with Gasteiger partial charge in [-0.05, 0) is 25.7 Å². The van der Waals surface area contributed by atoms with Crippen molar-refractivity contribution >= 4 is 21.6 Å². The number of halogens is 1. The zero-order chi connectivity index (χ0) is 14.5. The molecular formula is C12H22ClN3O2S. The summed E-state index contributed by atoms with van der Waals surface area (Å²) in [7, 11) is -3.52. The molecule has 0 saturated heterocycles. The van der Waals surface area contributed by atoms with Crippen molar-refractivity contribution in [2.24, 2.45) is 5.92 Å². The summed E-state index contributed by atoms with van der Waals surface area (Å²) < 4.78 is 28.6. The Kier molecular flexibility index (Phi) is 6.29. The van der Waals surface area contributed by atoms with Crippen LogP contribution in [0.1, 0.15) is 32.5 Å². The van der Waals surface area contributed by atoms with Crippen molar-refractivity contribution in [2.45, 2.75) is 45.2 Å². The number of hydrogen-bond acceptors (Lipinski definition) is 3. The molecule has 0 fully saturated rings. The van der Waals surface area contributed by atoms with Crippen molar-refractivity contribution in [3.05, 3.63) is 12.0 Å². The van der Waals surface area contributed by atoms with Crippen molar-refractivity contribution in [3.63, 3.8) is 0 Å². The van der Waals surface area contributed by atoms with Gasteiger partial charge < -0.3 is 4.57 Å². The number of nitrogens with one attached hydrogen (secondary N) is 1. The van der Waals surface area contributed by atoms with Gasteiger partial charge in [-0.2, -0.15) is 0 Å². The monoisotopic (exact) mass is 307 g/mol. The summed E-state index contributed by atoms with van der Waals surface area (Å²) in [6, 6.07) is 0. The molecular weight excluding hydrogens is 286 g/mol. The van der Waals surface area contributed by atoms with Crippen molar-refractivity contribution < 1.29 is 8.42 Å². The zero-order valence-corrected chi connectivity index (χ0v) is 13.3. The Morgan fingerprint density at radius 3 is 2.79 bits per heavy atom. The molecule has 1 aromatic heterocycles. The van der Waals surface area contributed by atoms with Crippen LogP contribution in [0.2, 0.25) is 0 Å². The molecule has 1 heterocycles. The largest absolute Gasteiger partial charge is 0.334 e. The Bertz CT molecular complexity index is 499. The van der Waals surface area contributed by atoms with Crippen LogP contribution in [-0.4, -0.2) is 30.4 Å². The van der Waals surface area contributed by atoms with E-state index in [2.05, 4.69) is 9.71 Å². The first-order valence-corrected chi connectivity index (χ1v) is 8.51. The Labute approximate surface area is 120 Å². The molecule has 1 unspecified atom stereocenters. The molecule has 0 amide bonds. The molecule has 1 rings (SSSR count). The SMILES string of the molecule is CCCn1cc(S(=O)(=O)NCC(C)CCCl)nc1C. The van der Waals surface area contributed by atoms with Gasteiger partial charge in [0, 0.05) is 25.2 Å². The van der Waals surface area contributed by atoms with Crippen LogP contribution in [0.25, 0.3) is 0 Å². The fourth-order valence-electron chi connectivity index (χ4n) is 1.69. The molecule has 0 aromatic carbocycles. The highest BCUT2D eigenvalue weighted by Gasteiger charge is 2.19. The summed E-state index contributed by atoms with van der Waals surface area (Å²) in [6.45, 7) is 6.97. The van der Waals surface area contributed by atoms with Crippen molar-refractivity contribution in [1.29, 1.82) is 0 Å². The topological polar surface area (TPSA) is 64.0 Å². The van der Waals surface area contributed by atoms with E-state index in [9.17, 15) is 8.42 Å². The van der Waals surface area contributed by atoms with Gasteiger partial charge in [-0.15, -0.1) is 11.6 Å². The van der Waals surface area contributed by atoms with Gasteiger partial charge in [0.25, 0.3) is 10.0 Å². The predicted octanol–water partition coefficient (Wildman–Crippen LogP) is 2.14. The molecule has 0 bridgehead atoms. The van der Waals surface area contributed by atoms with Crippen molar-refractivity contribution in [1.82, 2.24) is 14.3 Å². The number of nitrogens with zero attached hydrogens (tertiary/aromatic N) is 2. The summed E-state index contributed by atoms with van der Waals surface area (Å²) in [5.74, 6) is 1.47. The molecule has 1 N–H and O–H groups in total. The second kappa shape index (κ2) is 7.26. The van der Waals surface area contributed by atoms with Gasteiger partial charge >= 0.3 is 0 Å². The van der Waals surface area contributed by atoms with E-state index in [0.29, 0.717) is 12.4 Å². The number of hydrogen-bond donors (Lipinski definition) is 1. The van der Waals surface area contributed by atoms with Crippen LogP contribution in [0.15, 0.2) is 11.2 Å². The van der Waals surface area contributed by atoms with E-state index in [1.54, 1.807) is 6.20 Å². The minimum Gasteiger partial charge on any atom is -0.334 e. The van der Waals surface area contributed by atoms with Gasteiger partial charge in [0.2, 0.25) is 0 Å². The van der Waals surface area contributed by atoms with E-state index in [1.807, 2.05) is 25.3 Å². The number of aromatic nitrogens is 2. The van der Waals surface area contributed by atoms with Gasteiger partial charge in [-0.1, -0.05) is 13.8 Å². The Morgan fingerprint density at radius 1 is 1.53 bits per heavy atom. The Balaban J connectivity index is 2.74. The van der Waals surface area contributed by atoms with Gasteiger partial charge in [-0.3, -0.25) is 0 Å². The van der Waals surface area contributed by atoms with E-state index < -0.39 is 10.0 Å². The molecule has 7 heteroatoms. The molecule has 5 nitrogen and oxygen atoms in total. The van der Waals surface area contributed by atoms with E-state index in [0.717, 1.165) is 25.2 Å². The molecule has 19 heavy (non-hydrogen) atoms. The smallest absolute Gasteiger partial charge is 0.259 e. The first-order valence-electron chi connectivity index (χ1n) is 6.50. The molecule has 0 saturated carbocycles. The van der Waals surface area contributed by atoms with Crippen molar-refractivity contribution in [3.8, 4) is 0 Å².